The summed E-state index contributed by atoms with van der Waals surface area (Å²) in [6.45, 7) is 13.5. The number of amides is 1. The number of carboxylic acids is 1. The molecule has 1 aromatic heterocycles. The number of carbonyl (C=O) groups is 2. The monoisotopic (exact) mass is 601 g/mol. The van der Waals surface area contributed by atoms with E-state index in [1.807, 2.05) is 32.9 Å². The van der Waals surface area contributed by atoms with Crippen molar-refractivity contribution in [3.63, 3.8) is 0 Å². The van der Waals surface area contributed by atoms with Crippen molar-refractivity contribution in [1.82, 2.24) is 9.97 Å². The van der Waals surface area contributed by atoms with Gasteiger partial charge in [-0.05, 0) is 81.4 Å². The van der Waals surface area contributed by atoms with Crippen LogP contribution in [0.15, 0.2) is 40.9 Å². The fraction of sp³-hybridized carbons (Fsp3) is 0.433. The van der Waals surface area contributed by atoms with Crippen molar-refractivity contribution in [1.29, 1.82) is 0 Å². The maximum atomic E-state index is 13.5. The highest BCUT2D eigenvalue weighted by Gasteiger charge is 2.63. The van der Waals surface area contributed by atoms with Gasteiger partial charge in [0.15, 0.2) is 0 Å². The number of carbonyl (C=O) groups excluding carboxylic acids is 1. The quantitative estimate of drug-likeness (QED) is 0.283. The zero-order valence-electron chi connectivity index (χ0n) is 23.1. The Kier molecular flexibility index (Phi) is 7.53. The van der Waals surface area contributed by atoms with Crippen molar-refractivity contribution in [3.05, 3.63) is 80.6 Å². The first-order valence-corrected chi connectivity index (χ1v) is 13.6. The van der Waals surface area contributed by atoms with Crippen LogP contribution in [0.3, 0.4) is 0 Å². The number of H-pyrrole nitrogens is 1. The Balaban J connectivity index is 0.000000193. The lowest BCUT2D eigenvalue weighted by Gasteiger charge is -2.04. The first-order valence-electron chi connectivity index (χ1n) is 12.8. The molecule has 2 fully saturated rings. The molecule has 39 heavy (non-hydrogen) atoms. The first kappa shape index (κ1) is 28.9. The second-order valence-electron chi connectivity index (χ2n) is 11.9. The summed E-state index contributed by atoms with van der Waals surface area (Å²) in [7, 11) is 0. The average molecular weight is 603 g/mol. The molecule has 0 aliphatic heterocycles. The summed E-state index contributed by atoms with van der Waals surface area (Å²) in [5.41, 5.74) is 4.44. The van der Waals surface area contributed by atoms with Gasteiger partial charge in [0.05, 0.1) is 16.1 Å². The van der Waals surface area contributed by atoms with Crippen LogP contribution in [0.1, 0.15) is 80.5 Å². The Bertz CT molecular complexity index is 1450. The number of nitrogens with zero attached hydrogens (tertiary/aromatic N) is 1. The van der Waals surface area contributed by atoms with E-state index in [0.717, 1.165) is 22.5 Å². The maximum Gasteiger partial charge on any atom is 0.307 e. The summed E-state index contributed by atoms with van der Waals surface area (Å²) >= 11 is 3.11. The highest BCUT2D eigenvalue weighted by atomic mass is 79.9. The lowest BCUT2D eigenvalue weighted by Crippen LogP contribution is -2.07. The Hall–Kier alpha value is -3.07. The number of nitrogens with one attached hydrogen (secondary N) is 2. The second kappa shape index (κ2) is 10.2. The van der Waals surface area contributed by atoms with Crippen LogP contribution >= 0.6 is 15.9 Å². The van der Waals surface area contributed by atoms with Crippen LogP contribution in [0.2, 0.25) is 0 Å². The number of hydrogen-bond acceptors (Lipinski definition) is 3. The van der Waals surface area contributed by atoms with Crippen molar-refractivity contribution in [2.45, 2.75) is 66.2 Å². The predicted octanol–water partition coefficient (Wildman–Crippen LogP) is 7.44. The SMILES string of the molecule is CC(=O)Nc1nc([C@@H]2[C@@H](c3ccc(F)c(C)c3)C2(C)C)c(C)[nH]1.CC1(C)[C@H](C(=O)O)[C@H]1c1ccc(F)c(Br)c1. The number of anilines is 1. The molecular formula is C30H34BrF2N3O3. The van der Waals surface area contributed by atoms with Crippen LogP contribution < -0.4 is 5.32 Å². The number of aryl methyl sites for hydroxylation is 2. The minimum atomic E-state index is -0.782. The Labute approximate surface area is 235 Å². The largest absolute Gasteiger partial charge is 0.481 e. The molecule has 0 spiro atoms. The lowest BCUT2D eigenvalue weighted by atomic mass is 10.0. The molecule has 0 radical (unpaired) electrons. The van der Waals surface area contributed by atoms with Crippen LogP contribution in [0, 0.1) is 42.2 Å². The summed E-state index contributed by atoms with van der Waals surface area (Å²) in [5.74, 6) is -0.781. The zero-order valence-corrected chi connectivity index (χ0v) is 24.7. The Morgan fingerprint density at radius 2 is 1.54 bits per heavy atom. The number of aliphatic carboxylic acids is 1. The van der Waals surface area contributed by atoms with Crippen LogP contribution in [-0.4, -0.2) is 27.0 Å². The highest BCUT2D eigenvalue weighted by molar-refractivity contribution is 9.10. The van der Waals surface area contributed by atoms with E-state index < -0.39 is 5.97 Å². The molecule has 4 atom stereocenters. The summed E-state index contributed by atoms with van der Waals surface area (Å²) in [6.07, 6.45) is 0. The molecule has 0 unspecified atom stereocenters. The standard InChI is InChI=1S/C18H22FN3O.C12H12BrFO2/c1-9-8-12(6-7-13(9)19)14-15(18(14,4)5)16-10(2)20-17(22-16)21-11(3)23;1-12(2)9(10(12)11(15)16)6-3-4-8(14)7(13)5-6/h6-8,14-15H,1-5H3,(H2,20,21,22,23);3-5,9-10H,1-2H3,(H,15,16)/t14-,15+;9-,10+/m11/s1. The third-order valence-corrected chi connectivity index (χ3v) is 8.88. The van der Waals surface area contributed by atoms with Crippen LogP contribution in [0.5, 0.6) is 0 Å². The number of aromatic amines is 1. The molecule has 208 valence electrons. The lowest BCUT2D eigenvalue weighted by molar-refractivity contribution is -0.139. The van der Waals surface area contributed by atoms with Gasteiger partial charge in [0.2, 0.25) is 11.9 Å². The number of halogens is 3. The molecule has 2 saturated carbocycles. The van der Waals surface area contributed by atoms with Gasteiger partial charge in [0.25, 0.3) is 0 Å². The number of imidazole rings is 1. The predicted molar refractivity (Wildman–Crippen MR) is 150 cm³/mol. The van der Waals surface area contributed by atoms with Crippen molar-refractivity contribution >= 4 is 33.8 Å². The Morgan fingerprint density at radius 3 is 2.05 bits per heavy atom. The van der Waals surface area contributed by atoms with Gasteiger partial charge < -0.3 is 10.1 Å². The van der Waals surface area contributed by atoms with E-state index in [0.29, 0.717) is 21.9 Å². The fourth-order valence-electron chi connectivity index (χ4n) is 6.06. The van der Waals surface area contributed by atoms with Crippen LogP contribution in [0.25, 0.3) is 0 Å². The van der Waals surface area contributed by atoms with Gasteiger partial charge in [-0.25, -0.2) is 13.8 Å². The van der Waals surface area contributed by atoms with E-state index >= 15 is 0 Å². The molecule has 2 aliphatic carbocycles. The third kappa shape index (κ3) is 5.51. The van der Waals surface area contributed by atoms with E-state index in [-0.39, 0.29) is 46.1 Å². The first-order chi connectivity index (χ1) is 18.1. The van der Waals surface area contributed by atoms with Gasteiger partial charge in [-0.15, -0.1) is 0 Å². The minimum absolute atomic E-state index is 0.0260. The normalized spacial score (nSPS) is 23.8. The maximum absolute atomic E-state index is 13.5. The average Bonchev–Trinajstić information content (AvgIpc) is 3.54. The van der Waals surface area contributed by atoms with Gasteiger partial charge in [-0.3, -0.25) is 14.9 Å². The molecule has 0 saturated heterocycles. The fourth-order valence-corrected chi connectivity index (χ4v) is 6.46. The van der Waals surface area contributed by atoms with E-state index in [9.17, 15) is 18.4 Å². The van der Waals surface area contributed by atoms with E-state index in [4.69, 9.17) is 5.11 Å². The number of benzene rings is 2. The summed E-state index contributed by atoms with van der Waals surface area (Å²) in [6, 6.07) is 10.0. The minimum Gasteiger partial charge on any atom is -0.481 e. The van der Waals surface area contributed by atoms with E-state index in [1.54, 1.807) is 19.1 Å². The molecule has 5 rings (SSSR count). The van der Waals surface area contributed by atoms with Crippen LogP contribution in [-0.2, 0) is 9.59 Å². The van der Waals surface area contributed by atoms with Crippen molar-refractivity contribution in [2.24, 2.45) is 16.7 Å². The molecule has 3 N–H and O–H groups in total. The van der Waals surface area contributed by atoms with Gasteiger partial charge in [-0.1, -0.05) is 45.9 Å². The molecule has 9 heteroatoms. The molecular weight excluding hydrogens is 568 g/mol. The summed E-state index contributed by atoms with van der Waals surface area (Å²) in [4.78, 5) is 29.9. The summed E-state index contributed by atoms with van der Waals surface area (Å²) in [5, 5.41) is 11.8. The third-order valence-electron chi connectivity index (χ3n) is 8.28. The molecule has 2 aliphatic rings. The zero-order chi connectivity index (χ0) is 29.0. The van der Waals surface area contributed by atoms with Gasteiger partial charge in [0.1, 0.15) is 11.6 Å². The highest BCUT2D eigenvalue weighted by Crippen LogP contribution is 2.70. The number of hydrogen-bond donors (Lipinski definition) is 3. The van der Waals surface area contributed by atoms with Crippen LogP contribution in [0.4, 0.5) is 14.7 Å². The van der Waals surface area contributed by atoms with Gasteiger partial charge in [0, 0.05) is 24.5 Å². The van der Waals surface area contributed by atoms with Gasteiger partial charge >= 0.3 is 5.97 Å². The van der Waals surface area contributed by atoms with Crippen molar-refractivity contribution < 1.29 is 23.5 Å². The summed E-state index contributed by atoms with van der Waals surface area (Å²) < 4.78 is 27.0. The van der Waals surface area contributed by atoms with E-state index in [1.165, 1.54) is 19.1 Å². The topological polar surface area (TPSA) is 95.1 Å². The number of rotatable bonds is 5. The number of aromatic nitrogens is 2. The molecule has 1 heterocycles. The molecule has 0 bridgehead atoms. The molecule has 3 aromatic rings. The Morgan fingerprint density at radius 1 is 0.949 bits per heavy atom. The smallest absolute Gasteiger partial charge is 0.307 e. The molecule has 6 nitrogen and oxygen atoms in total. The van der Waals surface area contributed by atoms with Gasteiger partial charge in [-0.2, -0.15) is 0 Å². The molecule has 1 amide bonds. The molecule has 2 aromatic carbocycles. The number of carboxylic acid groups (broad SMARTS) is 1. The van der Waals surface area contributed by atoms with E-state index in [2.05, 4.69) is 45.1 Å². The van der Waals surface area contributed by atoms with Crippen molar-refractivity contribution in [3.8, 4) is 0 Å². The van der Waals surface area contributed by atoms with Crippen molar-refractivity contribution in [2.75, 3.05) is 5.32 Å². The second-order valence-corrected chi connectivity index (χ2v) is 12.7.